The third-order valence-corrected chi connectivity index (χ3v) is 5.62. The van der Waals surface area contributed by atoms with Crippen LogP contribution in [0.3, 0.4) is 0 Å². The minimum absolute atomic E-state index is 0. The van der Waals surface area contributed by atoms with Gasteiger partial charge in [0.05, 0.1) is 10.7 Å². The van der Waals surface area contributed by atoms with E-state index in [1.807, 2.05) is 4.90 Å². The molecule has 0 radical (unpaired) electrons. The van der Waals surface area contributed by atoms with Crippen LogP contribution in [0.25, 0.3) is 5.69 Å². The van der Waals surface area contributed by atoms with E-state index in [2.05, 4.69) is 15.3 Å². The molecule has 146 valence electrons. The van der Waals surface area contributed by atoms with Crippen LogP contribution >= 0.6 is 35.6 Å². The summed E-state index contributed by atoms with van der Waals surface area (Å²) in [5.41, 5.74) is 1.15. The van der Waals surface area contributed by atoms with E-state index in [0.717, 1.165) is 45.7 Å². The minimum Gasteiger partial charge on any atom is -0.336 e. The topological polar surface area (TPSA) is 53.4 Å². The molecular formula is C18H22Cl3N5O. The summed E-state index contributed by atoms with van der Waals surface area (Å²) >= 11 is 12.2. The number of likely N-dealkylation sites (tertiary alicyclic amines) is 1. The SMILES string of the molecule is Cl.O=C(c1ccn(-c2ccc(Cl)cc2Cl)n1)N1CCC(N2CCNCC2)C1. The second-order valence-corrected chi connectivity index (χ2v) is 7.56. The van der Waals surface area contributed by atoms with E-state index in [9.17, 15) is 4.79 Å². The molecule has 27 heavy (non-hydrogen) atoms. The van der Waals surface area contributed by atoms with Crippen molar-refractivity contribution in [1.29, 1.82) is 0 Å². The molecule has 0 saturated carbocycles. The number of halogens is 3. The summed E-state index contributed by atoms with van der Waals surface area (Å²) in [7, 11) is 0. The Balaban J connectivity index is 0.00000210. The van der Waals surface area contributed by atoms with Crippen LogP contribution < -0.4 is 5.32 Å². The maximum absolute atomic E-state index is 12.8. The van der Waals surface area contributed by atoms with Crippen molar-refractivity contribution in [2.75, 3.05) is 39.3 Å². The molecule has 6 nitrogen and oxygen atoms in total. The summed E-state index contributed by atoms with van der Waals surface area (Å²) < 4.78 is 1.62. The van der Waals surface area contributed by atoms with Gasteiger partial charge >= 0.3 is 0 Å². The van der Waals surface area contributed by atoms with Crippen molar-refractivity contribution in [3.63, 3.8) is 0 Å². The molecule has 2 aliphatic rings. The number of rotatable bonds is 3. The Bertz CT molecular complexity index is 806. The normalized spacial score (nSPS) is 20.5. The number of carbonyl (C=O) groups excluding carboxylic acids is 1. The van der Waals surface area contributed by atoms with E-state index in [0.29, 0.717) is 27.5 Å². The monoisotopic (exact) mass is 429 g/mol. The molecule has 0 spiro atoms. The van der Waals surface area contributed by atoms with Gasteiger partial charge in [0.1, 0.15) is 0 Å². The van der Waals surface area contributed by atoms with Crippen molar-refractivity contribution in [3.8, 4) is 5.69 Å². The Kier molecular flexibility index (Phi) is 6.65. The number of carbonyl (C=O) groups is 1. The van der Waals surface area contributed by atoms with E-state index in [4.69, 9.17) is 23.2 Å². The summed E-state index contributed by atoms with van der Waals surface area (Å²) in [5.74, 6) is -0.0218. The van der Waals surface area contributed by atoms with Crippen LogP contribution in [-0.4, -0.2) is 70.8 Å². The molecule has 3 heterocycles. The lowest BCUT2D eigenvalue weighted by Crippen LogP contribution is -2.49. The molecule has 4 rings (SSSR count). The van der Waals surface area contributed by atoms with Crippen LogP contribution in [0, 0.1) is 0 Å². The second kappa shape index (κ2) is 8.80. The molecule has 9 heteroatoms. The average molecular weight is 431 g/mol. The van der Waals surface area contributed by atoms with Crippen LogP contribution in [0.5, 0.6) is 0 Å². The number of nitrogens with one attached hydrogen (secondary N) is 1. The first-order chi connectivity index (χ1) is 12.6. The number of hydrogen-bond donors (Lipinski definition) is 1. The Morgan fingerprint density at radius 3 is 2.67 bits per heavy atom. The number of hydrogen-bond acceptors (Lipinski definition) is 4. The van der Waals surface area contributed by atoms with Gasteiger partial charge in [-0.15, -0.1) is 12.4 Å². The molecule has 1 unspecified atom stereocenters. The van der Waals surface area contributed by atoms with E-state index in [1.54, 1.807) is 35.1 Å². The molecule has 1 N–H and O–H groups in total. The van der Waals surface area contributed by atoms with Crippen LogP contribution in [0.1, 0.15) is 16.9 Å². The van der Waals surface area contributed by atoms with Gasteiger partial charge in [-0.2, -0.15) is 5.10 Å². The van der Waals surface area contributed by atoms with Crippen molar-refractivity contribution in [2.24, 2.45) is 0 Å². The van der Waals surface area contributed by atoms with Gasteiger partial charge in [0, 0.05) is 56.5 Å². The Hall–Kier alpha value is -1.31. The van der Waals surface area contributed by atoms with E-state index in [1.165, 1.54) is 0 Å². The molecule has 1 atom stereocenters. The van der Waals surface area contributed by atoms with Gasteiger partial charge in [-0.3, -0.25) is 9.69 Å². The van der Waals surface area contributed by atoms with Gasteiger partial charge in [0.15, 0.2) is 5.69 Å². The van der Waals surface area contributed by atoms with Crippen LogP contribution in [-0.2, 0) is 0 Å². The van der Waals surface area contributed by atoms with Crippen molar-refractivity contribution in [1.82, 2.24) is 24.9 Å². The first-order valence-corrected chi connectivity index (χ1v) is 9.62. The second-order valence-electron chi connectivity index (χ2n) is 6.72. The summed E-state index contributed by atoms with van der Waals surface area (Å²) in [6.07, 6.45) is 2.78. The summed E-state index contributed by atoms with van der Waals surface area (Å²) in [4.78, 5) is 17.2. The first-order valence-electron chi connectivity index (χ1n) is 8.87. The summed E-state index contributed by atoms with van der Waals surface area (Å²) in [5, 5.41) is 8.87. The first kappa shape index (κ1) is 20.4. The fraction of sp³-hybridized carbons (Fsp3) is 0.444. The quantitative estimate of drug-likeness (QED) is 0.813. The largest absolute Gasteiger partial charge is 0.336 e. The third-order valence-electron chi connectivity index (χ3n) is 5.08. The van der Waals surface area contributed by atoms with E-state index in [-0.39, 0.29) is 18.3 Å². The lowest BCUT2D eigenvalue weighted by molar-refractivity contribution is 0.0767. The smallest absolute Gasteiger partial charge is 0.274 e. The molecule has 2 aliphatic heterocycles. The molecule has 1 amide bonds. The summed E-state index contributed by atoms with van der Waals surface area (Å²) in [6, 6.07) is 7.41. The number of amides is 1. The van der Waals surface area contributed by atoms with Crippen LogP contribution in [0.15, 0.2) is 30.5 Å². The van der Waals surface area contributed by atoms with Gasteiger partial charge in [0.2, 0.25) is 0 Å². The van der Waals surface area contributed by atoms with Crippen molar-refractivity contribution < 1.29 is 4.79 Å². The highest BCUT2D eigenvalue weighted by Gasteiger charge is 2.32. The molecule has 1 aromatic carbocycles. The van der Waals surface area contributed by atoms with Crippen LogP contribution in [0.4, 0.5) is 0 Å². The van der Waals surface area contributed by atoms with Crippen LogP contribution in [0.2, 0.25) is 10.0 Å². The van der Waals surface area contributed by atoms with Gasteiger partial charge < -0.3 is 10.2 Å². The molecule has 0 aliphatic carbocycles. The van der Waals surface area contributed by atoms with E-state index >= 15 is 0 Å². The zero-order valence-corrected chi connectivity index (χ0v) is 17.1. The average Bonchev–Trinajstić information content (AvgIpc) is 3.32. The third kappa shape index (κ3) is 4.41. The highest BCUT2D eigenvalue weighted by molar-refractivity contribution is 6.35. The maximum atomic E-state index is 12.8. The predicted octanol–water partition coefficient (Wildman–Crippen LogP) is 2.72. The van der Waals surface area contributed by atoms with Crippen molar-refractivity contribution in [3.05, 3.63) is 46.2 Å². The summed E-state index contributed by atoms with van der Waals surface area (Å²) in [6.45, 7) is 5.70. The highest BCUT2D eigenvalue weighted by atomic mass is 35.5. The Morgan fingerprint density at radius 1 is 1.15 bits per heavy atom. The Morgan fingerprint density at radius 2 is 1.93 bits per heavy atom. The number of aromatic nitrogens is 2. The molecular weight excluding hydrogens is 409 g/mol. The van der Waals surface area contributed by atoms with E-state index < -0.39 is 0 Å². The predicted molar refractivity (Wildman–Crippen MR) is 110 cm³/mol. The molecule has 2 saturated heterocycles. The molecule has 2 aromatic rings. The van der Waals surface area contributed by atoms with Gasteiger partial charge in [-0.1, -0.05) is 23.2 Å². The van der Waals surface area contributed by atoms with Gasteiger partial charge in [-0.25, -0.2) is 4.68 Å². The molecule has 2 fully saturated rings. The lowest BCUT2D eigenvalue weighted by atomic mass is 10.2. The zero-order chi connectivity index (χ0) is 18.1. The Labute approximate surface area is 174 Å². The highest BCUT2D eigenvalue weighted by Crippen LogP contribution is 2.24. The van der Waals surface area contributed by atoms with Gasteiger partial charge in [0.25, 0.3) is 5.91 Å². The number of piperazine rings is 1. The standard InChI is InChI=1S/C18H21Cl2N5O.ClH/c19-13-1-2-17(15(20)11-13)25-8-4-16(22-25)18(26)24-7-3-14(12-24)23-9-5-21-6-10-23;/h1-2,4,8,11,14,21H,3,5-7,9-10,12H2;1H. The zero-order valence-electron chi connectivity index (χ0n) is 14.8. The maximum Gasteiger partial charge on any atom is 0.274 e. The fourth-order valence-corrected chi connectivity index (χ4v) is 4.17. The number of benzene rings is 1. The number of nitrogens with zero attached hydrogens (tertiary/aromatic N) is 4. The fourth-order valence-electron chi connectivity index (χ4n) is 3.67. The van der Waals surface area contributed by atoms with Crippen molar-refractivity contribution in [2.45, 2.75) is 12.5 Å². The van der Waals surface area contributed by atoms with Crippen molar-refractivity contribution >= 4 is 41.5 Å². The minimum atomic E-state index is -0.0218. The molecule has 0 bridgehead atoms. The lowest BCUT2D eigenvalue weighted by Gasteiger charge is -2.32. The van der Waals surface area contributed by atoms with Gasteiger partial charge in [-0.05, 0) is 30.7 Å². The molecule has 1 aromatic heterocycles.